The first-order valence-corrected chi connectivity index (χ1v) is 8.97. The van der Waals surface area contributed by atoms with Crippen LogP contribution in [0.5, 0.6) is 5.75 Å². The van der Waals surface area contributed by atoms with Crippen LogP contribution in [-0.2, 0) is 4.79 Å². The lowest BCUT2D eigenvalue weighted by Crippen LogP contribution is -2.14. The number of carbonyl (C=O) groups excluding carboxylic acids is 1. The van der Waals surface area contributed by atoms with Crippen LogP contribution in [0.1, 0.15) is 6.42 Å². The Morgan fingerprint density at radius 3 is 2.17 bits per heavy atom. The summed E-state index contributed by atoms with van der Waals surface area (Å²) < 4.78 is 5.27. The van der Waals surface area contributed by atoms with Gasteiger partial charge in [0.25, 0.3) is 11.4 Å². The van der Waals surface area contributed by atoms with E-state index in [1.165, 1.54) is 6.07 Å². The number of anilines is 1. The number of hydrogen-bond acceptors (Lipinski definition) is 7. The summed E-state index contributed by atoms with van der Waals surface area (Å²) in [6, 6.07) is 20.1. The topological polar surface area (TPSA) is 125 Å². The highest BCUT2D eigenvalue weighted by Crippen LogP contribution is 2.29. The molecule has 30 heavy (non-hydrogen) atoms. The van der Waals surface area contributed by atoms with Crippen LogP contribution < -0.4 is 10.1 Å². The Bertz CT molecular complexity index is 1070. The molecule has 0 atom stereocenters. The average molecular weight is 407 g/mol. The fourth-order valence-electron chi connectivity index (χ4n) is 2.76. The number of benzene rings is 3. The molecule has 0 bridgehead atoms. The minimum atomic E-state index is -0.720. The monoisotopic (exact) mass is 407 g/mol. The van der Waals surface area contributed by atoms with Crippen molar-refractivity contribution in [1.82, 2.24) is 0 Å². The molecular weight excluding hydrogens is 390 g/mol. The largest absolute Gasteiger partial charge is 0.426 e. The summed E-state index contributed by atoms with van der Waals surface area (Å²) in [5, 5.41) is 24.6. The molecule has 0 saturated carbocycles. The van der Waals surface area contributed by atoms with Crippen molar-refractivity contribution in [2.24, 2.45) is 0 Å². The van der Waals surface area contributed by atoms with Crippen molar-refractivity contribution in [3.63, 3.8) is 0 Å². The number of non-ortho nitro benzene ring substituents is 1. The number of carbonyl (C=O) groups is 1. The SMILES string of the molecule is O=C(CCNc1ccc([N+](=O)[O-])cc1[N+](=O)[O-])Oc1ccc(-c2ccccc2)cc1. The first-order valence-electron chi connectivity index (χ1n) is 8.97. The molecule has 0 unspecified atom stereocenters. The summed E-state index contributed by atoms with van der Waals surface area (Å²) >= 11 is 0. The predicted molar refractivity (Wildman–Crippen MR) is 110 cm³/mol. The molecule has 0 heterocycles. The van der Waals surface area contributed by atoms with E-state index in [9.17, 15) is 25.0 Å². The maximum atomic E-state index is 12.0. The number of rotatable bonds is 8. The number of esters is 1. The Morgan fingerprint density at radius 1 is 0.867 bits per heavy atom. The Labute approximate surface area is 171 Å². The quantitative estimate of drug-likeness (QED) is 0.251. The zero-order chi connectivity index (χ0) is 21.5. The number of nitrogens with one attached hydrogen (secondary N) is 1. The molecule has 3 aromatic carbocycles. The van der Waals surface area contributed by atoms with E-state index in [0.29, 0.717) is 5.75 Å². The summed E-state index contributed by atoms with van der Waals surface area (Å²) in [6.07, 6.45) is -0.0470. The number of nitrogens with zero attached hydrogens (tertiary/aromatic N) is 2. The summed E-state index contributed by atoms with van der Waals surface area (Å²) in [6.45, 7) is 0.0690. The third kappa shape index (κ3) is 5.16. The van der Waals surface area contributed by atoms with Gasteiger partial charge in [0.15, 0.2) is 0 Å². The van der Waals surface area contributed by atoms with Gasteiger partial charge in [0.05, 0.1) is 22.3 Å². The van der Waals surface area contributed by atoms with Crippen LogP contribution in [0.3, 0.4) is 0 Å². The lowest BCUT2D eigenvalue weighted by molar-refractivity contribution is -0.393. The predicted octanol–water partition coefficient (Wildman–Crippen LogP) is 4.58. The summed E-state index contributed by atoms with van der Waals surface area (Å²) in [7, 11) is 0. The van der Waals surface area contributed by atoms with Crippen LogP contribution in [0.4, 0.5) is 17.1 Å². The number of ether oxygens (including phenoxy) is 1. The minimum Gasteiger partial charge on any atom is -0.426 e. The summed E-state index contributed by atoms with van der Waals surface area (Å²) in [4.78, 5) is 32.5. The Balaban J connectivity index is 1.55. The maximum Gasteiger partial charge on any atom is 0.312 e. The Morgan fingerprint density at radius 2 is 1.53 bits per heavy atom. The van der Waals surface area contributed by atoms with Crippen LogP contribution in [0, 0.1) is 20.2 Å². The van der Waals surface area contributed by atoms with Gasteiger partial charge in [-0.1, -0.05) is 42.5 Å². The molecular formula is C21H17N3O6. The van der Waals surface area contributed by atoms with E-state index in [4.69, 9.17) is 4.74 Å². The standard InChI is InChI=1S/C21H17N3O6/c25-21(30-18-9-6-16(7-10-18)15-4-2-1-3-5-15)12-13-22-19-11-8-17(23(26)27)14-20(19)24(28)29/h1-11,14,22H,12-13H2. The van der Waals surface area contributed by atoms with Crippen LogP contribution in [0.2, 0.25) is 0 Å². The van der Waals surface area contributed by atoms with E-state index >= 15 is 0 Å². The van der Waals surface area contributed by atoms with E-state index in [1.807, 2.05) is 42.5 Å². The molecule has 0 aliphatic rings. The molecule has 9 heteroatoms. The van der Waals surface area contributed by atoms with Gasteiger partial charge in [-0.25, -0.2) is 0 Å². The summed E-state index contributed by atoms with van der Waals surface area (Å²) in [5.74, 6) is -0.125. The van der Waals surface area contributed by atoms with Crippen molar-refractivity contribution < 1.29 is 19.4 Å². The van der Waals surface area contributed by atoms with E-state index in [2.05, 4.69) is 5.32 Å². The second-order valence-electron chi connectivity index (χ2n) is 6.26. The Hall–Kier alpha value is -4.27. The van der Waals surface area contributed by atoms with Gasteiger partial charge in [0.1, 0.15) is 11.4 Å². The van der Waals surface area contributed by atoms with Crippen LogP contribution in [-0.4, -0.2) is 22.4 Å². The van der Waals surface area contributed by atoms with Gasteiger partial charge < -0.3 is 10.1 Å². The molecule has 0 aromatic heterocycles. The Kier molecular flexibility index (Phi) is 6.33. The molecule has 0 amide bonds. The summed E-state index contributed by atoms with van der Waals surface area (Å²) in [5.41, 5.74) is 1.30. The number of nitro benzene ring substituents is 2. The second kappa shape index (κ2) is 9.28. The highest BCUT2D eigenvalue weighted by atomic mass is 16.6. The van der Waals surface area contributed by atoms with Crippen LogP contribution >= 0.6 is 0 Å². The van der Waals surface area contributed by atoms with Gasteiger partial charge in [-0.2, -0.15) is 0 Å². The third-order valence-electron chi connectivity index (χ3n) is 4.23. The van der Waals surface area contributed by atoms with Crippen molar-refractivity contribution >= 4 is 23.0 Å². The van der Waals surface area contributed by atoms with Crippen LogP contribution in [0.15, 0.2) is 72.8 Å². The van der Waals surface area contributed by atoms with Gasteiger partial charge in [-0.05, 0) is 29.3 Å². The third-order valence-corrected chi connectivity index (χ3v) is 4.23. The number of nitro groups is 2. The van der Waals surface area contributed by atoms with Crippen molar-refractivity contribution in [1.29, 1.82) is 0 Å². The molecule has 0 aliphatic heterocycles. The van der Waals surface area contributed by atoms with E-state index < -0.39 is 21.5 Å². The van der Waals surface area contributed by atoms with Crippen molar-refractivity contribution in [3.8, 4) is 16.9 Å². The lowest BCUT2D eigenvalue weighted by atomic mass is 10.1. The van der Waals surface area contributed by atoms with Crippen molar-refractivity contribution in [2.45, 2.75) is 6.42 Å². The first-order chi connectivity index (χ1) is 14.4. The van der Waals surface area contributed by atoms with E-state index in [-0.39, 0.29) is 24.3 Å². The minimum absolute atomic E-state index is 0.0470. The molecule has 0 radical (unpaired) electrons. The number of hydrogen-bond donors (Lipinski definition) is 1. The van der Waals surface area contributed by atoms with Gasteiger partial charge in [-0.15, -0.1) is 0 Å². The smallest absolute Gasteiger partial charge is 0.312 e. The van der Waals surface area contributed by atoms with Crippen molar-refractivity contribution in [3.05, 3.63) is 93.0 Å². The zero-order valence-electron chi connectivity index (χ0n) is 15.7. The van der Waals surface area contributed by atoms with E-state index in [1.54, 1.807) is 12.1 Å². The van der Waals surface area contributed by atoms with E-state index in [0.717, 1.165) is 23.3 Å². The fourth-order valence-corrected chi connectivity index (χ4v) is 2.76. The first kappa shape index (κ1) is 20.5. The molecule has 1 N–H and O–H groups in total. The highest BCUT2D eigenvalue weighted by Gasteiger charge is 2.19. The normalized spacial score (nSPS) is 10.3. The molecule has 3 rings (SSSR count). The van der Waals surface area contributed by atoms with Gasteiger partial charge in [-0.3, -0.25) is 25.0 Å². The molecule has 0 saturated heterocycles. The van der Waals surface area contributed by atoms with Gasteiger partial charge in [0, 0.05) is 12.6 Å². The maximum absolute atomic E-state index is 12.0. The highest BCUT2D eigenvalue weighted by molar-refractivity contribution is 5.74. The second-order valence-corrected chi connectivity index (χ2v) is 6.26. The molecule has 9 nitrogen and oxygen atoms in total. The molecule has 152 valence electrons. The molecule has 0 aliphatic carbocycles. The molecule has 0 spiro atoms. The fraction of sp³-hybridized carbons (Fsp3) is 0.0952. The molecule has 3 aromatic rings. The average Bonchev–Trinajstić information content (AvgIpc) is 2.75. The van der Waals surface area contributed by atoms with Gasteiger partial charge in [0.2, 0.25) is 0 Å². The zero-order valence-corrected chi connectivity index (χ0v) is 15.7. The molecule has 0 fully saturated rings. The van der Waals surface area contributed by atoms with Gasteiger partial charge >= 0.3 is 5.97 Å². The lowest BCUT2D eigenvalue weighted by Gasteiger charge is -2.08. The van der Waals surface area contributed by atoms with Crippen molar-refractivity contribution in [2.75, 3.05) is 11.9 Å². The van der Waals surface area contributed by atoms with Crippen LogP contribution in [0.25, 0.3) is 11.1 Å².